The van der Waals surface area contributed by atoms with Crippen molar-refractivity contribution in [3.63, 3.8) is 0 Å². The molecule has 3 rings (SSSR count). The first kappa shape index (κ1) is 13.0. The highest BCUT2D eigenvalue weighted by molar-refractivity contribution is 6.31. The van der Waals surface area contributed by atoms with E-state index in [1.807, 2.05) is 13.0 Å². The minimum atomic E-state index is -0.0797. The predicted octanol–water partition coefficient (Wildman–Crippen LogP) is 3.65. The van der Waals surface area contributed by atoms with Gasteiger partial charge in [0, 0.05) is 16.1 Å². The van der Waals surface area contributed by atoms with Crippen molar-refractivity contribution >= 4 is 17.4 Å². The molecular formula is C16H13ClO3. The molecule has 3 nitrogen and oxygen atoms in total. The molecule has 0 amide bonds. The lowest BCUT2D eigenvalue weighted by Crippen LogP contribution is -2.15. The zero-order valence-corrected chi connectivity index (χ0v) is 11.7. The molecule has 1 aliphatic heterocycles. The second-order valence-electron chi connectivity index (χ2n) is 4.65. The number of aryl methyl sites for hydroxylation is 1. The first-order chi connectivity index (χ1) is 9.65. The Morgan fingerprint density at radius 2 is 1.65 bits per heavy atom. The summed E-state index contributed by atoms with van der Waals surface area (Å²) < 4.78 is 10.9. The van der Waals surface area contributed by atoms with Crippen LogP contribution in [0.3, 0.4) is 0 Å². The predicted molar refractivity (Wildman–Crippen MR) is 77.1 cm³/mol. The van der Waals surface area contributed by atoms with Crippen LogP contribution in [-0.2, 0) is 0 Å². The van der Waals surface area contributed by atoms with Crippen molar-refractivity contribution < 1.29 is 14.3 Å². The van der Waals surface area contributed by atoms with Crippen LogP contribution in [0.25, 0.3) is 0 Å². The van der Waals surface area contributed by atoms with Crippen molar-refractivity contribution in [1.82, 2.24) is 0 Å². The van der Waals surface area contributed by atoms with E-state index in [2.05, 4.69) is 0 Å². The summed E-state index contributed by atoms with van der Waals surface area (Å²) in [5.74, 6) is 1.21. The summed E-state index contributed by atoms with van der Waals surface area (Å²) in [6.07, 6.45) is 0. The number of fused-ring (bicyclic) bond motifs is 1. The number of carbonyl (C=O) groups excluding carboxylic acids is 1. The Hall–Kier alpha value is -2.00. The highest BCUT2D eigenvalue weighted by Gasteiger charge is 2.16. The van der Waals surface area contributed by atoms with E-state index in [0.717, 1.165) is 5.56 Å². The van der Waals surface area contributed by atoms with Gasteiger partial charge in [0.15, 0.2) is 17.3 Å². The summed E-state index contributed by atoms with van der Waals surface area (Å²) >= 11 is 6.06. The van der Waals surface area contributed by atoms with Crippen LogP contribution in [0.4, 0.5) is 0 Å². The molecule has 0 atom stereocenters. The number of hydrogen-bond acceptors (Lipinski definition) is 3. The first-order valence-corrected chi connectivity index (χ1v) is 6.73. The summed E-state index contributed by atoms with van der Waals surface area (Å²) in [6, 6.07) is 10.5. The van der Waals surface area contributed by atoms with E-state index in [1.165, 1.54) is 0 Å². The minimum Gasteiger partial charge on any atom is -0.486 e. The maximum atomic E-state index is 12.4. The standard InChI is InChI=1S/C16H13ClO3/c1-10-2-3-11(8-13(10)17)16(18)12-4-5-14-15(9-12)20-7-6-19-14/h2-5,8-9H,6-7H2,1H3. The number of hydrogen-bond donors (Lipinski definition) is 0. The number of rotatable bonds is 2. The lowest BCUT2D eigenvalue weighted by atomic mass is 10.0. The number of carbonyl (C=O) groups is 1. The fourth-order valence-corrected chi connectivity index (χ4v) is 2.27. The van der Waals surface area contributed by atoms with Gasteiger partial charge in [-0.05, 0) is 36.8 Å². The molecule has 0 radical (unpaired) electrons. The highest BCUT2D eigenvalue weighted by atomic mass is 35.5. The molecule has 0 saturated carbocycles. The van der Waals surface area contributed by atoms with Gasteiger partial charge < -0.3 is 9.47 Å². The molecule has 0 aromatic heterocycles. The zero-order valence-electron chi connectivity index (χ0n) is 11.0. The molecule has 102 valence electrons. The Balaban J connectivity index is 1.95. The molecule has 2 aromatic carbocycles. The van der Waals surface area contributed by atoms with Gasteiger partial charge in [-0.3, -0.25) is 4.79 Å². The third-order valence-corrected chi connectivity index (χ3v) is 3.65. The number of halogens is 1. The Bertz CT molecular complexity index is 679. The van der Waals surface area contributed by atoms with Crippen LogP contribution < -0.4 is 9.47 Å². The molecule has 0 fully saturated rings. The molecular weight excluding hydrogens is 276 g/mol. The van der Waals surface area contributed by atoms with Crippen LogP contribution in [0.2, 0.25) is 5.02 Å². The van der Waals surface area contributed by atoms with Crippen LogP contribution in [0.1, 0.15) is 21.5 Å². The summed E-state index contributed by atoms with van der Waals surface area (Å²) in [5.41, 5.74) is 2.08. The van der Waals surface area contributed by atoms with E-state index in [0.29, 0.717) is 40.9 Å². The third kappa shape index (κ3) is 2.37. The van der Waals surface area contributed by atoms with Crippen molar-refractivity contribution in [3.05, 3.63) is 58.1 Å². The molecule has 0 bridgehead atoms. The lowest BCUT2D eigenvalue weighted by molar-refractivity contribution is 0.103. The SMILES string of the molecule is Cc1ccc(C(=O)c2ccc3c(c2)OCCO3)cc1Cl. The van der Waals surface area contributed by atoms with E-state index in [-0.39, 0.29) is 5.78 Å². The van der Waals surface area contributed by atoms with Crippen molar-refractivity contribution in [3.8, 4) is 11.5 Å². The molecule has 0 aliphatic carbocycles. The lowest BCUT2D eigenvalue weighted by Gasteiger charge is -2.18. The van der Waals surface area contributed by atoms with Gasteiger partial charge in [-0.15, -0.1) is 0 Å². The maximum absolute atomic E-state index is 12.4. The average molecular weight is 289 g/mol. The third-order valence-electron chi connectivity index (χ3n) is 3.24. The van der Waals surface area contributed by atoms with Crippen molar-refractivity contribution in [2.45, 2.75) is 6.92 Å². The molecule has 20 heavy (non-hydrogen) atoms. The van der Waals surface area contributed by atoms with Crippen LogP contribution >= 0.6 is 11.6 Å². The smallest absolute Gasteiger partial charge is 0.193 e. The van der Waals surface area contributed by atoms with Gasteiger partial charge in [0.2, 0.25) is 0 Å². The first-order valence-electron chi connectivity index (χ1n) is 6.35. The van der Waals surface area contributed by atoms with Crippen LogP contribution in [-0.4, -0.2) is 19.0 Å². The summed E-state index contributed by atoms with van der Waals surface area (Å²) in [4.78, 5) is 12.4. The number of ether oxygens (including phenoxy) is 2. The molecule has 0 unspecified atom stereocenters. The topological polar surface area (TPSA) is 35.5 Å². The van der Waals surface area contributed by atoms with E-state index >= 15 is 0 Å². The normalized spacial score (nSPS) is 13.1. The van der Waals surface area contributed by atoms with E-state index < -0.39 is 0 Å². The largest absolute Gasteiger partial charge is 0.486 e. The van der Waals surface area contributed by atoms with E-state index in [4.69, 9.17) is 21.1 Å². The quantitative estimate of drug-likeness (QED) is 0.791. The van der Waals surface area contributed by atoms with Gasteiger partial charge in [-0.1, -0.05) is 23.7 Å². The molecule has 1 heterocycles. The average Bonchev–Trinajstić information content (AvgIpc) is 2.49. The molecule has 0 spiro atoms. The summed E-state index contributed by atoms with van der Waals surface area (Å²) in [5, 5.41) is 0.591. The van der Waals surface area contributed by atoms with Gasteiger partial charge in [0.1, 0.15) is 13.2 Å². The summed E-state index contributed by atoms with van der Waals surface area (Å²) in [7, 11) is 0. The van der Waals surface area contributed by atoms with Gasteiger partial charge in [0.25, 0.3) is 0 Å². The monoisotopic (exact) mass is 288 g/mol. The highest BCUT2D eigenvalue weighted by Crippen LogP contribution is 2.31. The molecule has 2 aromatic rings. The van der Waals surface area contributed by atoms with Crippen LogP contribution in [0.15, 0.2) is 36.4 Å². The summed E-state index contributed by atoms with van der Waals surface area (Å²) in [6.45, 7) is 2.94. The van der Waals surface area contributed by atoms with Gasteiger partial charge in [0.05, 0.1) is 0 Å². The van der Waals surface area contributed by atoms with E-state index in [9.17, 15) is 4.79 Å². The van der Waals surface area contributed by atoms with Crippen molar-refractivity contribution in [1.29, 1.82) is 0 Å². The maximum Gasteiger partial charge on any atom is 0.193 e. The van der Waals surface area contributed by atoms with Crippen molar-refractivity contribution in [2.75, 3.05) is 13.2 Å². The molecule has 4 heteroatoms. The Labute approximate surface area is 122 Å². The zero-order chi connectivity index (χ0) is 14.1. The second kappa shape index (κ2) is 5.17. The Kier molecular flexibility index (Phi) is 3.36. The fraction of sp³-hybridized carbons (Fsp3) is 0.188. The molecule has 0 saturated heterocycles. The van der Waals surface area contributed by atoms with Crippen LogP contribution in [0.5, 0.6) is 11.5 Å². The number of ketones is 1. The van der Waals surface area contributed by atoms with Gasteiger partial charge >= 0.3 is 0 Å². The van der Waals surface area contributed by atoms with E-state index in [1.54, 1.807) is 30.3 Å². The van der Waals surface area contributed by atoms with Crippen molar-refractivity contribution in [2.24, 2.45) is 0 Å². The van der Waals surface area contributed by atoms with Crippen LogP contribution in [0, 0.1) is 6.92 Å². The Morgan fingerprint density at radius 1 is 1.00 bits per heavy atom. The number of benzene rings is 2. The molecule has 0 N–H and O–H groups in total. The van der Waals surface area contributed by atoms with Gasteiger partial charge in [-0.25, -0.2) is 0 Å². The van der Waals surface area contributed by atoms with Gasteiger partial charge in [-0.2, -0.15) is 0 Å². The minimum absolute atomic E-state index is 0.0797. The molecule has 1 aliphatic rings. The Morgan fingerprint density at radius 3 is 2.40 bits per heavy atom. The fourth-order valence-electron chi connectivity index (χ4n) is 2.09. The second-order valence-corrected chi connectivity index (χ2v) is 5.06.